The number of ether oxygens (including phenoxy) is 2. The van der Waals surface area contributed by atoms with Crippen LogP contribution in [0, 0.1) is 0 Å². The first kappa shape index (κ1) is 19.4. The average Bonchev–Trinajstić information content (AvgIpc) is 3.16. The second kappa shape index (κ2) is 6.83. The molecule has 4 rings (SSSR count). The SMILES string of the molecule is CCc1ccc2c(c1)C(C)(C)[C@@]1(/C=C/c3ccc(OC)cc3OC)NC(=O)CN21. The van der Waals surface area contributed by atoms with Crippen molar-refractivity contribution in [3.63, 3.8) is 0 Å². The summed E-state index contributed by atoms with van der Waals surface area (Å²) in [5.74, 6) is 1.51. The Labute approximate surface area is 172 Å². The minimum absolute atomic E-state index is 0.0367. The maximum atomic E-state index is 12.5. The summed E-state index contributed by atoms with van der Waals surface area (Å²) < 4.78 is 10.8. The monoisotopic (exact) mass is 392 g/mol. The molecule has 2 aromatic rings. The summed E-state index contributed by atoms with van der Waals surface area (Å²) >= 11 is 0. The molecule has 0 spiro atoms. The lowest BCUT2D eigenvalue weighted by Gasteiger charge is -2.40. The maximum absolute atomic E-state index is 12.5. The highest BCUT2D eigenvalue weighted by molar-refractivity contribution is 5.91. The lowest BCUT2D eigenvalue weighted by molar-refractivity contribution is -0.118. The fourth-order valence-electron chi connectivity index (χ4n) is 4.61. The average molecular weight is 392 g/mol. The summed E-state index contributed by atoms with van der Waals surface area (Å²) in [7, 11) is 3.29. The van der Waals surface area contributed by atoms with Crippen molar-refractivity contribution in [2.45, 2.75) is 38.3 Å². The molecule has 2 heterocycles. The number of nitrogens with zero attached hydrogens (tertiary/aromatic N) is 1. The molecule has 0 unspecified atom stereocenters. The Hall–Kier alpha value is -2.95. The highest BCUT2D eigenvalue weighted by Gasteiger charge is 2.59. The number of aryl methyl sites for hydroxylation is 1. The molecule has 1 N–H and O–H groups in total. The molecule has 0 aromatic heterocycles. The van der Waals surface area contributed by atoms with Gasteiger partial charge in [0.1, 0.15) is 17.2 Å². The van der Waals surface area contributed by atoms with Crippen molar-refractivity contribution >= 4 is 17.7 Å². The molecule has 29 heavy (non-hydrogen) atoms. The fraction of sp³-hybridized carbons (Fsp3) is 0.375. The van der Waals surface area contributed by atoms with Gasteiger partial charge in [-0.05, 0) is 41.8 Å². The van der Waals surface area contributed by atoms with Crippen LogP contribution in [0.25, 0.3) is 6.08 Å². The molecule has 1 fully saturated rings. The van der Waals surface area contributed by atoms with Crippen molar-refractivity contribution in [1.29, 1.82) is 0 Å². The van der Waals surface area contributed by atoms with Crippen molar-refractivity contribution in [2.24, 2.45) is 0 Å². The number of rotatable bonds is 5. The lowest BCUT2D eigenvalue weighted by Crippen LogP contribution is -2.58. The molecule has 1 saturated heterocycles. The summed E-state index contributed by atoms with van der Waals surface area (Å²) in [5.41, 5.74) is 3.71. The minimum atomic E-state index is -0.621. The molecule has 0 bridgehead atoms. The van der Waals surface area contributed by atoms with E-state index in [4.69, 9.17) is 9.47 Å². The third-order valence-electron chi connectivity index (χ3n) is 6.39. The second-order valence-electron chi connectivity index (χ2n) is 8.17. The van der Waals surface area contributed by atoms with Crippen molar-refractivity contribution in [3.05, 3.63) is 59.2 Å². The quantitative estimate of drug-likeness (QED) is 0.838. The first-order valence-electron chi connectivity index (χ1n) is 9.99. The third-order valence-corrected chi connectivity index (χ3v) is 6.39. The molecule has 0 radical (unpaired) electrons. The highest BCUT2D eigenvalue weighted by Crippen LogP contribution is 2.53. The van der Waals surface area contributed by atoms with Gasteiger partial charge in [-0.15, -0.1) is 0 Å². The summed E-state index contributed by atoms with van der Waals surface area (Å²) in [6.45, 7) is 6.92. The van der Waals surface area contributed by atoms with Gasteiger partial charge in [0.05, 0.1) is 20.8 Å². The molecule has 2 aliphatic heterocycles. The Balaban J connectivity index is 1.81. The summed E-state index contributed by atoms with van der Waals surface area (Å²) in [6.07, 6.45) is 5.13. The maximum Gasteiger partial charge on any atom is 0.241 e. The van der Waals surface area contributed by atoms with E-state index in [9.17, 15) is 4.79 Å². The number of amides is 1. The number of fused-ring (bicyclic) bond motifs is 3. The number of carbonyl (C=O) groups is 1. The van der Waals surface area contributed by atoms with E-state index in [1.54, 1.807) is 14.2 Å². The van der Waals surface area contributed by atoms with Gasteiger partial charge < -0.3 is 19.7 Å². The molecular formula is C24H28N2O3. The van der Waals surface area contributed by atoms with E-state index in [1.165, 1.54) is 11.1 Å². The Morgan fingerprint density at radius 3 is 2.62 bits per heavy atom. The summed E-state index contributed by atoms with van der Waals surface area (Å²) in [4.78, 5) is 14.7. The Bertz CT molecular complexity index is 996. The first-order chi connectivity index (χ1) is 13.9. The number of hydrogen-bond donors (Lipinski definition) is 1. The second-order valence-corrected chi connectivity index (χ2v) is 8.17. The van der Waals surface area contributed by atoms with Crippen LogP contribution in [0.15, 0.2) is 42.5 Å². The Morgan fingerprint density at radius 2 is 1.93 bits per heavy atom. The van der Waals surface area contributed by atoms with Crippen LogP contribution in [0.1, 0.15) is 37.5 Å². The van der Waals surface area contributed by atoms with Crippen LogP contribution in [-0.2, 0) is 16.6 Å². The van der Waals surface area contributed by atoms with Crippen molar-refractivity contribution < 1.29 is 14.3 Å². The van der Waals surface area contributed by atoms with Gasteiger partial charge in [-0.2, -0.15) is 0 Å². The normalized spacial score (nSPS) is 21.8. The van der Waals surface area contributed by atoms with E-state index in [0.717, 1.165) is 29.2 Å². The predicted octanol–water partition coefficient (Wildman–Crippen LogP) is 3.90. The zero-order valence-electron chi connectivity index (χ0n) is 17.7. The predicted molar refractivity (Wildman–Crippen MR) is 116 cm³/mol. The van der Waals surface area contributed by atoms with Crippen LogP contribution in [-0.4, -0.2) is 32.3 Å². The Morgan fingerprint density at radius 1 is 1.14 bits per heavy atom. The molecule has 2 aliphatic rings. The molecule has 5 heteroatoms. The number of methoxy groups -OCH3 is 2. The van der Waals surface area contributed by atoms with Gasteiger partial charge >= 0.3 is 0 Å². The number of carbonyl (C=O) groups excluding carboxylic acids is 1. The molecule has 2 aromatic carbocycles. The van der Waals surface area contributed by atoms with Crippen LogP contribution in [0.5, 0.6) is 11.5 Å². The van der Waals surface area contributed by atoms with Gasteiger partial charge in [-0.25, -0.2) is 0 Å². The van der Waals surface area contributed by atoms with Crippen LogP contribution >= 0.6 is 0 Å². The van der Waals surface area contributed by atoms with Gasteiger partial charge in [0.2, 0.25) is 5.91 Å². The molecular weight excluding hydrogens is 364 g/mol. The van der Waals surface area contributed by atoms with Crippen molar-refractivity contribution in [2.75, 3.05) is 25.7 Å². The van der Waals surface area contributed by atoms with E-state index >= 15 is 0 Å². The van der Waals surface area contributed by atoms with E-state index in [1.807, 2.05) is 24.3 Å². The van der Waals surface area contributed by atoms with Gasteiger partial charge in [0.25, 0.3) is 0 Å². The highest BCUT2D eigenvalue weighted by atomic mass is 16.5. The largest absolute Gasteiger partial charge is 0.497 e. The zero-order valence-corrected chi connectivity index (χ0v) is 17.7. The summed E-state index contributed by atoms with van der Waals surface area (Å²) in [6, 6.07) is 12.3. The molecule has 1 amide bonds. The number of hydrogen-bond acceptors (Lipinski definition) is 4. The van der Waals surface area contributed by atoms with Crippen LogP contribution in [0.3, 0.4) is 0 Å². The topological polar surface area (TPSA) is 50.8 Å². The van der Waals surface area contributed by atoms with E-state index in [-0.39, 0.29) is 11.3 Å². The minimum Gasteiger partial charge on any atom is -0.497 e. The first-order valence-corrected chi connectivity index (χ1v) is 9.99. The number of nitrogens with one attached hydrogen (secondary N) is 1. The molecule has 0 aliphatic carbocycles. The number of benzene rings is 2. The smallest absolute Gasteiger partial charge is 0.241 e. The van der Waals surface area contributed by atoms with Gasteiger partial charge in [-0.3, -0.25) is 4.79 Å². The Kier molecular flexibility index (Phi) is 4.56. The zero-order chi connectivity index (χ0) is 20.8. The standard InChI is InChI=1S/C24H28N2O3/c1-6-16-7-10-20-19(13-16)23(2,3)24(25-22(27)15-26(20)24)12-11-17-8-9-18(28-4)14-21(17)29-5/h7-14H,6,15H2,1-5H3,(H,25,27)/b12-11+/t24-/m0/s1. The van der Waals surface area contributed by atoms with Crippen molar-refractivity contribution in [1.82, 2.24) is 5.32 Å². The van der Waals surface area contributed by atoms with E-state index < -0.39 is 5.66 Å². The van der Waals surface area contributed by atoms with E-state index in [2.05, 4.69) is 55.3 Å². The molecule has 5 nitrogen and oxygen atoms in total. The van der Waals surface area contributed by atoms with E-state index in [0.29, 0.717) is 6.54 Å². The van der Waals surface area contributed by atoms with Crippen LogP contribution < -0.4 is 19.7 Å². The summed E-state index contributed by atoms with van der Waals surface area (Å²) in [5, 5.41) is 3.27. The molecule has 152 valence electrons. The molecule has 1 atom stereocenters. The van der Waals surface area contributed by atoms with Crippen molar-refractivity contribution in [3.8, 4) is 11.5 Å². The third kappa shape index (κ3) is 2.79. The van der Waals surface area contributed by atoms with Crippen LogP contribution in [0.2, 0.25) is 0 Å². The number of anilines is 1. The van der Waals surface area contributed by atoms with Gasteiger partial charge in [0.15, 0.2) is 0 Å². The van der Waals surface area contributed by atoms with Gasteiger partial charge in [-0.1, -0.05) is 39.0 Å². The lowest BCUT2D eigenvalue weighted by atomic mass is 9.75. The van der Waals surface area contributed by atoms with Crippen LogP contribution in [0.4, 0.5) is 5.69 Å². The molecule has 0 saturated carbocycles. The fourth-order valence-corrected chi connectivity index (χ4v) is 4.61. The van der Waals surface area contributed by atoms with Gasteiger partial charge in [0, 0.05) is 22.7 Å².